The van der Waals surface area contributed by atoms with E-state index in [9.17, 15) is 14.7 Å². The quantitative estimate of drug-likeness (QED) is 0.0374. The van der Waals surface area contributed by atoms with Gasteiger partial charge in [-0.15, -0.1) is 0 Å². The Morgan fingerprint density at radius 2 is 0.571 bits per heavy atom. The second-order valence-corrected chi connectivity index (χ2v) is 17.5. The van der Waals surface area contributed by atoms with Gasteiger partial charge in [-0.05, 0) is 128 Å². The van der Waals surface area contributed by atoms with Crippen molar-refractivity contribution < 1.29 is 24.2 Å². The van der Waals surface area contributed by atoms with Crippen molar-refractivity contribution in [2.75, 3.05) is 13.2 Å². The number of aliphatic hydroxyl groups is 1. The molecular weight excluding hydrogens is 861 g/mol. The van der Waals surface area contributed by atoms with Gasteiger partial charge in [0.1, 0.15) is 6.61 Å². The van der Waals surface area contributed by atoms with E-state index in [0.717, 1.165) is 128 Å². The number of allylic oxidation sites excluding steroid dienone is 28. The van der Waals surface area contributed by atoms with Gasteiger partial charge in [-0.3, -0.25) is 9.59 Å². The average molecular weight is 962 g/mol. The smallest absolute Gasteiger partial charge is 0.306 e. The molecule has 0 fully saturated rings. The van der Waals surface area contributed by atoms with Gasteiger partial charge >= 0.3 is 11.9 Å². The minimum absolute atomic E-state index is 0.0992. The first kappa shape index (κ1) is 65.3. The summed E-state index contributed by atoms with van der Waals surface area (Å²) in [4.78, 5) is 24.4. The van der Waals surface area contributed by atoms with E-state index in [-0.39, 0.29) is 25.2 Å². The molecule has 1 unspecified atom stereocenters. The summed E-state index contributed by atoms with van der Waals surface area (Å²) in [6.45, 7) is 3.85. The van der Waals surface area contributed by atoms with E-state index < -0.39 is 6.10 Å². The van der Waals surface area contributed by atoms with E-state index in [4.69, 9.17) is 9.47 Å². The summed E-state index contributed by atoms with van der Waals surface area (Å²) in [5.41, 5.74) is 0. The van der Waals surface area contributed by atoms with Crippen LogP contribution in [0.5, 0.6) is 0 Å². The Kier molecular flexibility index (Phi) is 54.6. The van der Waals surface area contributed by atoms with E-state index in [1.54, 1.807) is 0 Å². The normalized spacial score (nSPS) is 13.6. The standard InChI is InChI=1S/C65H100O5/c1-3-5-7-9-11-13-15-17-19-20-21-22-23-24-25-26-27-28-29-30-31-32-33-34-35-36-37-38-39-40-41-42-43-44-46-48-50-52-54-56-58-60-65(68)70-63(61-66)62-69-64(67)59-57-55-53-51-49-47-45-18-16-14-12-10-8-6-4-2/h5-8,11-14,17-19,21-22,24-25,27-28,30-31,33-34,36-37,39-40,45,49,51,63,66H,3-4,9-10,15-16,20,23,26,29,32,35,38,41-44,46-48,50,52-62H2,1-2H3/b7-5-,8-6-,13-11-,14-12-,19-17-,22-21-,25-24-,28-27-,31-30-,34-33-,37-36-,40-39-,45-18-,51-49-. The molecule has 1 N–H and O–H groups in total. The first-order chi connectivity index (χ1) is 34.6. The number of unbranched alkanes of at least 4 members (excludes halogenated alkanes) is 12. The van der Waals surface area contributed by atoms with Crippen molar-refractivity contribution in [3.8, 4) is 0 Å². The molecule has 0 aliphatic rings. The van der Waals surface area contributed by atoms with Gasteiger partial charge in [0.05, 0.1) is 6.61 Å². The van der Waals surface area contributed by atoms with Crippen LogP contribution < -0.4 is 0 Å². The van der Waals surface area contributed by atoms with Gasteiger partial charge in [0.15, 0.2) is 6.10 Å². The van der Waals surface area contributed by atoms with Crippen LogP contribution in [0, 0.1) is 0 Å². The molecule has 0 saturated heterocycles. The highest BCUT2D eigenvalue weighted by Crippen LogP contribution is 2.13. The first-order valence-electron chi connectivity index (χ1n) is 27.7. The molecule has 0 bridgehead atoms. The number of hydrogen-bond acceptors (Lipinski definition) is 5. The number of aliphatic hydroxyl groups excluding tert-OH is 1. The maximum Gasteiger partial charge on any atom is 0.306 e. The maximum atomic E-state index is 12.3. The molecule has 0 aromatic heterocycles. The fraction of sp³-hybridized carbons (Fsp3) is 0.538. The predicted molar refractivity (Wildman–Crippen MR) is 306 cm³/mol. The Bertz CT molecular complexity index is 1600. The second kappa shape index (κ2) is 58.6. The van der Waals surface area contributed by atoms with Crippen LogP contribution in [-0.2, 0) is 19.1 Å². The van der Waals surface area contributed by atoms with E-state index >= 15 is 0 Å². The second-order valence-electron chi connectivity index (χ2n) is 17.5. The highest BCUT2D eigenvalue weighted by Gasteiger charge is 2.16. The van der Waals surface area contributed by atoms with E-state index in [0.29, 0.717) is 12.8 Å². The molecule has 0 rings (SSSR count). The molecule has 0 aromatic carbocycles. The third-order valence-electron chi connectivity index (χ3n) is 11.0. The number of carbonyl (C=O) groups is 2. The van der Waals surface area contributed by atoms with Gasteiger partial charge < -0.3 is 14.6 Å². The van der Waals surface area contributed by atoms with Crippen molar-refractivity contribution in [1.82, 2.24) is 0 Å². The lowest BCUT2D eigenvalue weighted by atomic mass is 10.0. The van der Waals surface area contributed by atoms with Gasteiger partial charge in [-0.2, -0.15) is 0 Å². The summed E-state index contributed by atoms with van der Waals surface area (Å²) in [6.07, 6.45) is 91.8. The third kappa shape index (κ3) is 55.9. The molecule has 0 saturated carbocycles. The van der Waals surface area contributed by atoms with Crippen LogP contribution in [-0.4, -0.2) is 36.4 Å². The van der Waals surface area contributed by atoms with E-state index in [1.165, 1.54) is 51.4 Å². The van der Waals surface area contributed by atoms with E-state index in [2.05, 4.69) is 184 Å². The highest BCUT2D eigenvalue weighted by atomic mass is 16.6. The zero-order valence-corrected chi connectivity index (χ0v) is 44.5. The largest absolute Gasteiger partial charge is 0.462 e. The fourth-order valence-electron chi connectivity index (χ4n) is 6.93. The molecular formula is C65H100O5. The van der Waals surface area contributed by atoms with Gasteiger partial charge in [0.25, 0.3) is 0 Å². The maximum absolute atomic E-state index is 12.3. The topological polar surface area (TPSA) is 72.8 Å². The van der Waals surface area contributed by atoms with Gasteiger partial charge in [-0.25, -0.2) is 0 Å². The molecule has 0 radical (unpaired) electrons. The number of esters is 2. The summed E-state index contributed by atoms with van der Waals surface area (Å²) in [7, 11) is 0. The average Bonchev–Trinajstić information content (AvgIpc) is 3.36. The van der Waals surface area contributed by atoms with Crippen LogP contribution >= 0.6 is 0 Å². The molecule has 0 spiro atoms. The summed E-state index contributed by atoms with van der Waals surface area (Å²) in [6, 6.07) is 0. The minimum atomic E-state index is -0.803. The van der Waals surface area contributed by atoms with Crippen molar-refractivity contribution in [3.05, 3.63) is 170 Å². The Hall–Kier alpha value is -4.74. The Balaban J connectivity index is 3.63. The van der Waals surface area contributed by atoms with Crippen molar-refractivity contribution in [2.45, 2.75) is 213 Å². The molecule has 0 aromatic rings. The zero-order chi connectivity index (χ0) is 50.6. The monoisotopic (exact) mass is 961 g/mol. The lowest BCUT2D eigenvalue weighted by molar-refractivity contribution is -0.161. The number of carbonyl (C=O) groups excluding carboxylic acids is 2. The molecule has 1 atom stereocenters. The van der Waals surface area contributed by atoms with Gasteiger partial charge in [-0.1, -0.05) is 235 Å². The molecule has 0 aliphatic carbocycles. The molecule has 0 aliphatic heterocycles. The summed E-state index contributed by atoms with van der Waals surface area (Å²) in [5.74, 6) is -0.657. The molecule has 5 heteroatoms. The Labute approximate surface area is 430 Å². The molecule has 5 nitrogen and oxygen atoms in total. The van der Waals surface area contributed by atoms with Crippen molar-refractivity contribution in [2.24, 2.45) is 0 Å². The number of ether oxygens (including phenoxy) is 2. The van der Waals surface area contributed by atoms with Crippen LogP contribution in [0.25, 0.3) is 0 Å². The zero-order valence-electron chi connectivity index (χ0n) is 44.5. The molecule has 0 heterocycles. The van der Waals surface area contributed by atoms with E-state index in [1.807, 2.05) is 0 Å². The summed E-state index contributed by atoms with van der Waals surface area (Å²) >= 11 is 0. The van der Waals surface area contributed by atoms with Crippen LogP contribution in [0.4, 0.5) is 0 Å². The third-order valence-corrected chi connectivity index (χ3v) is 11.0. The van der Waals surface area contributed by atoms with Crippen molar-refractivity contribution >= 4 is 11.9 Å². The number of hydrogen-bond donors (Lipinski definition) is 1. The van der Waals surface area contributed by atoms with Crippen LogP contribution in [0.15, 0.2) is 170 Å². The highest BCUT2D eigenvalue weighted by molar-refractivity contribution is 5.70. The van der Waals surface area contributed by atoms with Gasteiger partial charge in [0, 0.05) is 12.8 Å². The van der Waals surface area contributed by atoms with Crippen molar-refractivity contribution in [1.29, 1.82) is 0 Å². The van der Waals surface area contributed by atoms with Gasteiger partial charge in [0.2, 0.25) is 0 Å². The van der Waals surface area contributed by atoms with Crippen LogP contribution in [0.1, 0.15) is 206 Å². The lowest BCUT2D eigenvalue weighted by Crippen LogP contribution is -2.28. The minimum Gasteiger partial charge on any atom is -0.462 e. The number of rotatable bonds is 48. The fourth-order valence-corrected chi connectivity index (χ4v) is 6.93. The first-order valence-corrected chi connectivity index (χ1v) is 27.7. The molecule has 70 heavy (non-hydrogen) atoms. The van der Waals surface area contributed by atoms with Crippen molar-refractivity contribution in [3.63, 3.8) is 0 Å². The van der Waals surface area contributed by atoms with Crippen LogP contribution in [0.3, 0.4) is 0 Å². The molecule has 0 amide bonds. The SMILES string of the molecule is CC/C=C\C/C=C\C/C=C\C/C=C\C/C=C\C/C=C\C/C=C\C/C=C\C/C=C\C/C=C\CCCCCCCCCCCCC(=O)OC(CO)COC(=O)CCCC/C=C\C/C=C\C/C=C\C/C=C\CC. The summed E-state index contributed by atoms with van der Waals surface area (Å²) < 4.78 is 10.6. The lowest BCUT2D eigenvalue weighted by Gasteiger charge is -2.15. The molecule has 390 valence electrons. The van der Waals surface area contributed by atoms with Crippen LogP contribution in [0.2, 0.25) is 0 Å². The predicted octanol–water partition coefficient (Wildman–Crippen LogP) is 19.0. The summed E-state index contributed by atoms with van der Waals surface area (Å²) in [5, 5.41) is 9.62. The Morgan fingerprint density at radius 3 is 0.886 bits per heavy atom. The Morgan fingerprint density at radius 1 is 0.329 bits per heavy atom.